The van der Waals surface area contributed by atoms with Gasteiger partial charge in [-0.3, -0.25) is 19.4 Å². The molecule has 0 aromatic heterocycles. The van der Waals surface area contributed by atoms with Gasteiger partial charge in [0.25, 0.3) is 0 Å². The largest absolute Gasteiger partial charge is 1.00 e. The van der Waals surface area contributed by atoms with Gasteiger partial charge in [0.05, 0.1) is 32.0 Å². The van der Waals surface area contributed by atoms with Gasteiger partial charge >= 0.3 is 30.8 Å². The number of amides is 2. The fourth-order valence-electron chi connectivity index (χ4n) is 8.69. The number of carbonyl (C=O) groups is 4. The number of methoxy groups -OCH3 is 1. The Morgan fingerprint density at radius 2 is 0.912 bits per heavy atom. The fourth-order valence-corrected chi connectivity index (χ4v) is 8.69. The molecule has 2 amide bonds. The summed E-state index contributed by atoms with van der Waals surface area (Å²) in [6.07, 6.45) is 2.45. The number of hydrogen-bond donors (Lipinski definition) is 1. The van der Waals surface area contributed by atoms with Crippen LogP contribution >= 0.6 is 0 Å². The van der Waals surface area contributed by atoms with Crippen LogP contribution in [0, 0.1) is 35.5 Å². The van der Waals surface area contributed by atoms with E-state index in [1.807, 2.05) is 149 Å². The number of carboxylic acids is 1. The third kappa shape index (κ3) is 16.2. The fraction of sp³-hybridized carbons (Fsp3) is 0.418. The summed E-state index contributed by atoms with van der Waals surface area (Å²) in [7, 11) is 5.40. The first-order valence-electron chi connectivity index (χ1n) is 22.8. The van der Waals surface area contributed by atoms with Crippen LogP contribution in [0.15, 0.2) is 121 Å². The molecule has 2 saturated heterocycles. The number of carbonyl (C=O) groups excluding carboxylic acids is 3. The zero-order chi connectivity index (χ0) is 46.9. The Labute approximate surface area is 416 Å². The van der Waals surface area contributed by atoms with Crippen molar-refractivity contribution in [3.63, 3.8) is 0 Å². The molecule has 6 rings (SSSR count). The van der Waals surface area contributed by atoms with Crippen molar-refractivity contribution in [3.05, 3.63) is 144 Å². The molecule has 2 fully saturated rings. The minimum absolute atomic E-state index is 0. The second-order valence-corrected chi connectivity index (χ2v) is 17.6. The number of rotatable bonds is 12. The zero-order valence-electron chi connectivity index (χ0n) is 41.0. The van der Waals surface area contributed by atoms with Crippen molar-refractivity contribution in [3.8, 4) is 23.7 Å². The first kappa shape index (κ1) is 58.4. The van der Waals surface area contributed by atoms with Gasteiger partial charge < -0.3 is 30.6 Å². The molecule has 4 aromatic rings. The van der Waals surface area contributed by atoms with Crippen molar-refractivity contribution in [1.82, 2.24) is 19.6 Å². The molecule has 4 N–H and O–H groups in total. The van der Waals surface area contributed by atoms with E-state index >= 15 is 0 Å². The molecule has 0 radical (unpaired) electrons. The standard InChI is InChI=1S/C28H34N2O3.C27H32N2O3.Li.2H2O/c1-21(2)12-11-18-29(3)24-17-19-30(25(20-24)28(32)33-4)27(31)26(22-13-7-5-8-14-22)23-15-9-6-10-16-23;1-20(2)11-10-17-28(3)23-16-18-29(24(19-23)27(31)32)26(30)25(21-12-6-4-7-13-21)22-14-8-5-9-15-22;;;/h5-10,13-16,21,24-26H,17-20H2,1-4H3;4-9,12-15,20,23-25H,16-19H2,1-3H3,(H,31,32);;2*1H2/q;;+1;;/p-1/t24-,25-;23-,24-;;;/m00.../s1. The molecule has 2 aliphatic rings. The molecule has 2 aliphatic heterocycles. The average Bonchev–Trinajstić information content (AvgIpc) is 3.32. The Morgan fingerprint density at radius 3 is 1.21 bits per heavy atom. The Morgan fingerprint density at radius 1 is 0.603 bits per heavy atom. The molecule has 0 bridgehead atoms. The van der Waals surface area contributed by atoms with E-state index in [0.717, 1.165) is 35.1 Å². The van der Waals surface area contributed by atoms with Gasteiger partial charge in [-0.15, -0.1) is 0 Å². The number of esters is 1. The summed E-state index contributed by atoms with van der Waals surface area (Å²) in [6.45, 7) is 10.4. The van der Waals surface area contributed by atoms with Crippen molar-refractivity contribution in [2.75, 3.05) is 47.4 Å². The van der Waals surface area contributed by atoms with Gasteiger partial charge in [-0.25, -0.2) is 9.59 Å². The van der Waals surface area contributed by atoms with Crippen molar-refractivity contribution >= 4 is 23.8 Å². The maximum absolute atomic E-state index is 13.9. The van der Waals surface area contributed by atoms with E-state index in [1.165, 1.54) is 7.11 Å². The SMILES string of the molecule is CC(C)C#CCN(C)[C@H]1CCN(C(=O)C(c2ccccc2)c2ccccc2)[C@H](C(=O)O)C1.COC(=O)[C@@H]1C[C@@H](N(C)CC#CC(C)C)CCN1C(=O)C(c1ccccc1)c1ccccc1.O.[Li+].[OH-]. The van der Waals surface area contributed by atoms with Crippen molar-refractivity contribution in [2.45, 2.75) is 89.4 Å². The van der Waals surface area contributed by atoms with E-state index in [4.69, 9.17) is 4.74 Å². The minimum atomic E-state index is -0.954. The van der Waals surface area contributed by atoms with Crippen molar-refractivity contribution in [1.29, 1.82) is 0 Å². The Balaban J connectivity index is 0.000000447. The van der Waals surface area contributed by atoms with Crippen LogP contribution in [0.3, 0.4) is 0 Å². The topological polar surface area (TPSA) is 172 Å². The number of ether oxygens (including phenoxy) is 1. The van der Waals surface area contributed by atoms with Crippen LogP contribution in [0.2, 0.25) is 0 Å². The summed E-state index contributed by atoms with van der Waals surface area (Å²) < 4.78 is 5.12. The number of carboxylic acid groups (broad SMARTS) is 1. The quantitative estimate of drug-likeness (QED) is 0.126. The molecule has 358 valence electrons. The molecule has 68 heavy (non-hydrogen) atoms. The summed E-state index contributed by atoms with van der Waals surface area (Å²) in [5.41, 5.74) is 3.58. The monoisotopic (exact) mass is 921 g/mol. The van der Waals surface area contributed by atoms with Crippen molar-refractivity contribution in [2.24, 2.45) is 11.8 Å². The van der Waals surface area contributed by atoms with Crippen LogP contribution in [-0.2, 0) is 23.9 Å². The Bertz CT molecular complexity index is 2200. The van der Waals surface area contributed by atoms with E-state index in [9.17, 15) is 24.3 Å². The number of piperidine rings is 2. The van der Waals surface area contributed by atoms with E-state index in [0.29, 0.717) is 50.9 Å². The van der Waals surface area contributed by atoms with Gasteiger partial charge in [-0.2, -0.15) is 0 Å². The first-order valence-corrected chi connectivity index (χ1v) is 22.8. The van der Waals surface area contributed by atoms with Crippen LogP contribution in [0.1, 0.15) is 87.5 Å². The first-order chi connectivity index (χ1) is 31.3. The molecule has 0 aliphatic carbocycles. The summed E-state index contributed by atoms with van der Waals surface area (Å²) in [6, 6.07) is 37.5. The smallest absolute Gasteiger partial charge is 0.870 e. The third-order valence-corrected chi connectivity index (χ3v) is 12.2. The third-order valence-electron chi connectivity index (χ3n) is 12.2. The van der Waals surface area contributed by atoms with Gasteiger partial charge in [0.15, 0.2) is 0 Å². The summed E-state index contributed by atoms with van der Waals surface area (Å²) in [4.78, 5) is 60.3. The normalized spacial score (nSPS) is 17.5. The number of hydrogen-bond acceptors (Lipinski definition) is 8. The van der Waals surface area contributed by atoms with Gasteiger partial charge in [0.2, 0.25) is 11.8 Å². The van der Waals surface area contributed by atoms with Gasteiger partial charge in [0.1, 0.15) is 12.1 Å². The molecule has 4 atom stereocenters. The molecule has 0 unspecified atom stereocenters. The number of likely N-dealkylation sites (tertiary alicyclic amines) is 2. The van der Waals surface area contributed by atoms with Crippen LogP contribution in [-0.4, -0.2) is 131 Å². The van der Waals surface area contributed by atoms with Crippen LogP contribution < -0.4 is 18.9 Å². The number of nitrogens with zero attached hydrogens (tertiary/aromatic N) is 4. The molecular weight excluding hydrogens is 852 g/mol. The zero-order valence-corrected chi connectivity index (χ0v) is 41.0. The van der Waals surface area contributed by atoms with Gasteiger partial charge in [-0.05, 0) is 62.0 Å². The van der Waals surface area contributed by atoms with E-state index in [2.05, 4.69) is 47.3 Å². The molecular formula is C55H69LiN4O8. The van der Waals surface area contributed by atoms with Crippen LogP contribution in [0.5, 0.6) is 0 Å². The minimum Gasteiger partial charge on any atom is -0.870 e. The van der Waals surface area contributed by atoms with Gasteiger partial charge in [0, 0.05) is 37.0 Å². The summed E-state index contributed by atoms with van der Waals surface area (Å²) in [5, 5.41) is 9.99. The average molecular weight is 921 g/mol. The number of aliphatic carboxylic acids is 1. The molecule has 0 saturated carbocycles. The molecule has 0 spiro atoms. The van der Waals surface area contributed by atoms with Crippen molar-refractivity contribution < 1.29 is 58.8 Å². The maximum Gasteiger partial charge on any atom is 1.00 e. The molecule has 2 heterocycles. The predicted octanol–water partition coefficient (Wildman–Crippen LogP) is 3.80. The Hall–Kier alpha value is -5.68. The van der Waals surface area contributed by atoms with E-state index in [1.54, 1.807) is 9.80 Å². The van der Waals surface area contributed by atoms with Crippen LogP contribution in [0.4, 0.5) is 0 Å². The summed E-state index contributed by atoms with van der Waals surface area (Å²) >= 11 is 0. The number of benzene rings is 4. The van der Waals surface area contributed by atoms with Crippen LogP contribution in [0.25, 0.3) is 0 Å². The summed E-state index contributed by atoms with van der Waals surface area (Å²) in [5.74, 6) is 10.8. The second kappa shape index (κ2) is 29.3. The molecule has 12 nitrogen and oxygen atoms in total. The molecule has 13 heteroatoms. The Kier molecular flexibility index (Phi) is 25.1. The maximum atomic E-state index is 13.9. The van der Waals surface area contributed by atoms with E-state index < -0.39 is 29.9 Å². The second-order valence-electron chi connectivity index (χ2n) is 17.6. The molecule has 4 aromatic carbocycles. The predicted molar refractivity (Wildman–Crippen MR) is 262 cm³/mol. The van der Waals surface area contributed by atoms with E-state index in [-0.39, 0.29) is 59.7 Å². The van der Waals surface area contributed by atoms with Gasteiger partial charge in [-0.1, -0.05) is 173 Å².